The van der Waals surface area contributed by atoms with Gasteiger partial charge in [0.1, 0.15) is 0 Å². The second-order valence-corrected chi connectivity index (χ2v) is 13.1. The number of amidine groups is 1. The third-order valence-electron chi connectivity index (χ3n) is 7.84. The number of piperazine rings is 1. The Balaban J connectivity index is 1.77. The van der Waals surface area contributed by atoms with E-state index in [1.807, 2.05) is 70.7 Å². The van der Waals surface area contributed by atoms with Crippen molar-refractivity contribution in [3.05, 3.63) is 82.7 Å². The van der Waals surface area contributed by atoms with Gasteiger partial charge in [0, 0.05) is 36.9 Å². The summed E-state index contributed by atoms with van der Waals surface area (Å²) in [5, 5.41) is 0.378. The molecule has 1 aromatic carbocycles. The Morgan fingerprint density at radius 1 is 1.07 bits per heavy atom. The first-order chi connectivity index (χ1) is 19.9. The number of aryl methyl sites for hydroxylation is 2. The van der Waals surface area contributed by atoms with Crippen LogP contribution in [0.25, 0.3) is 11.3 Å². The van der Waals surface area contributed by atoms with E-state index in [9.17, 15) is 13.2 Å². The largest absolute Gasteiger partial charge is 0.352 e. The zero-order valence-electron chi connectivity index (χ0n) is 24.7. The van der Waals surface area contributed by atoms with Crippen molar-refractivity contribution >= 4 is 45.1 Å². The summed E-state index contributed by atoms with van der Waals surface area (Å²) >= 11 is 6.92. The summed E-state index contributed by atoms with van der Waals surface area (Å²) in [7, 11) is -4.33. The van der Waals surface area contributed by atoms with E-state index in [0.717, 1.165) is 16.7 Å². The number of nitrogens with zero attached hydrogens (tertiary/aromatic N) is 6. The first-order valence-corrected chi connectivity index (χ1v) is 15.7. The highest BCUT2D eigenvalue weighted by Crippen LogP contribution is 2.44. The van der Waals surface area contributed by atoms with Gasteiger partial charge in [-0.3, -0.25) is 9.78 Å². The maximum Gasteiger partial charge on any atom is 0.352 e. The van der Waals surface area contributed by atoms with Crippen LogP contribution in [0.2, 0.25) is 5.02 Å². The molecule has 0 spiro atoms. The van der Waals surface area contributed by atoms with Gasteiger partial charge in [-0.1, -0.05) is 56.3 Å². The minimum Gasteiger partial charge on any atom is -0.349 e. The first-order valence-electron chi connectivity index (χ1n) is 13.9. The van der Waals surface area contributed by atoms with Crippen LogP contribution in [-0.4, -0.2) is 65.1 Å². The standard InChI is InChI=1S/C31H35ClN6O3S/c1-8-26(39)36-16-22(7)37(17-21(36)6)31-24-15-25(32)28(23-12-10-9-11-19(23)4)34-30(24)38(42(40,41)35-31)29-20(5)13-14-33-27(29)18(2)3/h8-15,18,21-22H,1,16-17H2,2-7H3. The van der Waals surface area contributed by atoms with E-state index in [2.05, 4.69) is 16.0 Å². The molecule has 2 atom stereocenters. The molecule has 0 aliphatic carbocycles. The molecule has 1 amide bonds. The summed E-state index contributed by atoms with van der Waals surface area (Å²) in [6.07, 6.45) is 2.98. The van der Waals surface area contributed by atoms with E-state index >= 15 is 0 Å². The molecule has 4 heterocycles. The van der Waals surface area contributed by atoms with Crippen LogP contribution in [0.15, 0.2) is 59.6 Å². The molecule has 2 aromatic heterocycles. The van der Waals surface area contributed by atoms with E-state index in [1.54, 1.807) is 23.2 Å². The van der Waals surface area contributed by atoms with Gasteiger partial charge < -0.3 is 9.80 Å². The average Bonchev–Trinajstić information content (AvgIpc) is 2.94. The lowest BCUT2D eigenvalue weighted by molar-refractivity contribution is -0.130. The number of rotatable bonds is 4. The lowest BCUT2D eigenvalue weighted by Crippen LogP contribution is -2.60. The highest BCUT2D eigenvalue weighted by Gasteiger charge is 2.42. The number of hydrogen-bond donors (Lipinski definition) is 0. The van der Waals surface area contributed by atoms with Gasteiger partial charge in [0.2, 0.25) is 5.91 Å². The molecule has 0 saturated carbocycles. The molecule has 0 radical (unpaired) electrons. The Kier molecular flexibility index (Phi) is 7.89. The maximum atomic E-state index is 14.3. The molecule has 42 heavy (non-hydrogen) atoms. The fraction of sp³-hybridized carbons (Fsp3) is 0.355. The zero-order chi connectivity index (χ0) is 30.5. The molecule has 2 aliphatic heterocycles. The highest BCUT2D eigenvalue weighted by atomic mass is 35.5. The minimum atomic E-state index is -4.33. The predicted molar refractivity (Wildman–Crippen MR) is 168 cm³/mol. The monoisotopic (exact) mass is 606 g/mol. The molecule has 2 unspecified atom stereocenters. The minimum absolute atomic E-state index is 0.0663. The van der Waals surface area contributed by atoms with Crippen molar-refractivity contribution in [3.63, 3.8) is 0 Å². The summed E-state index contributed by atoms with van der Waals surface area (Å²) in [5.74, 6) is 0.234. The van der Waals surface area contributed by atoms with Gasteiger partial charge in [0.25, 0.3) is 0 Å². The number of fused-ring (bicyclic) bond motifs is 1. The van der Waals surface area contributed by atoms with Crippen molar-refractivity contribution in [2.75, 3.05) is 17.4 Å². The Bertz CT molecular complexity index is 1720. The normalized spacial score (nSPS) is 19.9. The molecule has 1 fully saturated rings. The van der Waals surface area contributed by atoms with Crippen LogP contribution in [0.4, 0.5) is 11.5 Å². The summed E-state index contributed by atoms with van der Waals surface area (Å²) in [6.45, 7) is 16.0. The number of pyridine rings is 2. The number of benzene rings is 1. The summed E-state index contributed by atoms with van der Waals surface area (Å²) < 4.78 is 34.2. The highest BCUT2D eigenvalue weighted by molar-refractivity contribution is 7.92. The molecule has 3 aromatic rings. The molecule has 11 heteroatoms. The van der Waals surface area contributed by atoms with E-state index in [1.165, 1.54) is 10.4 Å². The quantitative estimate of drug-likeness (QED) is 0.349. The zero-order valence-corrected chi connectivity index (χ0v) is 26.2. The summed E-state index contributed by atoms with van der Waals surface area (Å²) in [5.41, 5.74) is 4.52. The number of carbonyl (C=O) groups excluding carboxylic acids is 1. The van der Waals surface area contributed by atoms with Crippen LogP contribution >= 0.6 is 11.6 Å². The third kappa shape index (κ3) is 5.07. The van der Waals surface area contributed by atoms with Crippen molar-refractivity contribution in [2.24, 2.45) is 4.40 Å². The summed E-state index contributed by atoms with van der Waals surface area (Å²) in [6, 6.07) is 10.8. The van der Waals surface area contributed by atoms with Gasteiger partial charge >= 0.3 is 10.2 Å². The molecule has 5 rings (SSSR count). The van der Waals surface area contributed by atoms with Crippen molar-refractivity contribution in [1.82, 2.24) is 19.8 Å². The Hall–Kier alpha value is -3.76. The molecule has 220 valence electrons. The van der Waals surface area contributed by atoms with Gasteiger partial charge in [-0.15, -0.1) is 4.40 Å². The van der Waals surface area contributed by atoms with E-state index in [4.69, 9.17) is 16.6 Å². The van der Waals surface area contributed by atoms with Crippen LogP contribution in [0.3, 0.4) is 0 Å². The van der Waals surface area contributed by atoms with E-state index in [0.29, 0.717) is 40.8 Å². The molecule has 0 N–H and O–H groups in total. The smallest absolute Gasteiger partial charge is 0.349 e. The fourth-order valence-corrected chi connectivity index (χ4v) is 7.25. The van der Waals surface area contributed by atoms with Gasteiger partial charge in [-0.05, 0) is 62.9 Å². The molecule has 9 nitrogen and oxygen atoms in total. The Morgan fingerprint density at radius 3 is 2.45 bits per heavy atom. The Morgan fingerprint density at radius 2 is 1.79 bits per heavy atom. The number of aromatic nitrogens is 2. The molecule has 0 bridgehead atoms. The first kappa shape index (κ1) is 29.7. The van der Waals surface area contributed by atoms with Gasteiger partial charge in [0.15, 0.2) is 11.7 Å². The fourth-order valence-electron chi connectivity index (χ4n) is 5.67. The third-order valence-corrected chi connectivity index (χ3v) is 9.35. The van der Waals surface area contributed by atoms with Crippen LogP contribution in [0, 0.1) is 13.8 Å². The maximum absolute atomic E-state index is 14.3. The molecule has 2 aliphatic rings. The number of halogens is 1. The average molecular weight is 607 g/mol. The van der Waals surface area contributed by atoms with Crippen LogP contribution in [0.1, 0.15) is 56.0 Å². The van der Waals surface area contributed by atoms with Gasteiger partial charge in [-0.2, -0.15) is 12.7 Å². The van der Waals surface area contributed by atoms with Gasteiger partial charge in [-0.25, -0.2) is 4.98 Å². The lowest BCUT2D eigenvalue weighted by Gasteiger charge is -2.46. The lowest BCUT2D eigenvalue weighted by atomic mass is 10.0. The van der Waals surface area contributed by atoms with Gasteiger partial charge in [0.05, 0.1) is 27.7 Å². The van der Waals surface area contributed by atoms with Crippen LogP contribution in [-0.2, 0) is 15.0 Å². The topological polar surface area (TPSA) is 99.1 Å². The second kappa shape index (κ2) is 11.1. The number of hydrogen-bond acceptors (Lipinski definition) is 6. The number of anilines is 2. The Labute approximate surface area is 252 Å². The number of carbonyl (C=O) groups is 1. The van der Waals surface area contributed by atoms with Crippen molar-refractivity contribution in [1.29, 1.82) is 0 Å². The predicted octanol–water partition coefficient (Wildman–Crippen LogP) is 5.79. The molecular formula is C31H35ClN6O3S. The molecular weight excluding hydrogens is 572 g/mol. The van der Waals surface area contributed by atoms with Crippen molar-refractivity contribution in [3.8, 4) is 11.3 Å². The molecule has 1 saturated heterocycles. The second-order valence-electron chi connectivity index (χ2n) is 11.2. The van der Waals surface area contributed by atoms with Crippen molar-refractivity contribution in [2.45, 2.75) is 59.5 Å². The number of amides is 1. The van der Waals surface area contributed by atoms with Crippen LogP contribution < -0.4 is 4.31 Å². The van der Waals surface area contributed by atoms with Crippen molar-refractivity contribution < 1.29 is 13.2 Å². The SMILES string of the molecule is C=CC(=O)N1CC(C)N(C2=NS(=O)(=O)N(c3c(C)ccnc3C(C)C)c3nc(-c4ccccc4C)c(Cl)cc32)CC1C. The van der Waals surface area contributed by atoms with E-state index in [-0.39, 0.29) is 35.6 Å². The van der Waals surface area contributed by atoms with E-state index < -0.39 is 10.2 Å². The van der Waals surface area contributed by atoms with Crippen LogP contribution in [0.5, 0.6) is 0 Å². The summed E-state index contributed by atoms with van der Waals surface area (Å²) in [4.78, 5) is 25.7.